The number of rotatable bonds is 51. The second kappa shape index (κ2) is 48.9. The molecule has 0 aromatic carbocycles. The van der Waals surface area contributed by atoms with Gasteiger partial charge in [0.15, 0.2) is 6.29 Å². The van der Waals surface area contributed by atoms with Gasteiger partial charge in [-0.05, 0) is 44.9 Å². The van der Waals surface area contributed by atoms with Crippen molar-refractivity contribution in [1.82, 2.24) is 5.32 Å². The second-order valence-electron chi connectivity index (χ2n) is 20.9. The predicted molar refractivity (Wildman–Crippen MR) is 287 cm³/mol. The molecule has 0 aliphatic carbocycles. The van der Waals surface area contributed by atoms with Gasteiger partial charge in [-0.25, -0.2) is 0 Å². The van der Waals surface area contributed by atoms with Crippen LogP contribution in [0.5, 0.6) is 0 Å². The predicted octanol–water partition coefficient (Wildman–Crippen LogP) is 13.5. The number of aliphatic hydroxyl groups is 6. The fraction of sp³-hybridized carbons (Fsp3) is 0.915. The van der Waals surface area contributed by atoms with Crippen molar-refractivity contribution in [3.8, 4) is 0 Å². The van der Waals surface area contributed by atoms with Gasteiger partial charge in [-0.1, -0.05) is 263 Å². The molecule has 1 aliphatic rings. The lowest BCUT2D eigenvalue weighted by Gasteiger charge is -2.40. The molecule has 0 spiro atoms. The van der Waals surface area contributed by atoms with Crippen molar-refractivity contribution in [3.63, 3.8) is 0 Å². The number of nitrogens with one attached hydrogen (secondary N) is 1. The van der Waals surface area contributed by atoms with Crippen molar-refractivity contribution in [1.29, 1.82) is 0 Å². The highest BCUT2D eigenvalue weighted by Gasteiger charge is 2.44. The highest BCUT2D eigenvalue weighted by atomic mass is 16.7. The smallest absolute Gasteiger partial charge is 0.249 e. The Morgan fingerprint density at radius 2 is 0.855 bits per heavy atom. The average Bonchev–Trinajstić information content (AvgIpc) is 3.35. The molecule has 69 heavy (non-hydrogen) atoms. The van der Waals surface area contributed by atoms with Crippen LogP contribution < -0.4 is 5.32 Å². The summed E-state index contributed by atoms with van der Waals surface area (Å²) in [5, 5.41) is 65.2. The molecule has 7 N–H and O–H groups in total. The van der Waals surface area contributed by atoms with Crippen molar-refractivity contribution < 1.29 is 44.9 Å². The number of carbonyl (C=O) groups is 1. The standard InChI is InChI=1S/C59H113NO9/c1-3-5-7-9-11-13-15-17-19-21-22-23-24-25-26-27-28-29-30-31-32-34-36-38-40-42-44-46-48-53(63)58(67)60-51(50-68-59-57(66)56(65)55(64)54(49-61)69-59)52(62)47-45-43-41-39-37-35-33-20-18-16-14-12-10-8-6-4-2/h22-23,25-26,51-57,59,61-66H,3-21,24,27-50H2,1-2H3,(H,60,67)/b23-22-,26-25-. The van der Waals surface area contributed by atoms with E-state index in [4.69, 9.17) is 9.47 Å². The molecule has 1 saturated heterocycles. The molecule has 1 fully saturated rings. The molecule has 1 heterocycles. The molecule has 8 unspecified atom stereocenters. The maximum Gasteiger partial charge on any atom is 0.249 e. The van der Waals surface area contributed by atoms with E-state index in [2.05, 4.69) is 43.5 Å². The third kappa shape index (κ3) is 38.0. The van der Waals surface area contributed by atoms with Crippen molar-refractivity contribution in [3.05, 3.63) is 24.3 Å². The minimum atomic E-state index is -1.60. The third-order valence-corrected chi connectivity index (χ3v) is 14.4. The van der Waals surface area contributed by atoms with Crippen molar-refractivity contribution in [2.45, 2.75) is 332 Å². The molecule has 8 atom stereocenters. The topological polar surface area (TPSA) is 169 Å². The summed E-state index contributed by atoms with van der Waals surface area (Å²) in [6.07, 6.45) is 51.0. The lowest BCUT2D eigenvalue weighted by atomic mass is 9.99. The summed E-state index contributed by atoms with van der Waals surface area (Å²) in [5.41, 5.74) is 0. The van der Waals surface area contributed by atoms with Gasteiger partial charge < -0.3 is 45.4 Å². The van der Waals surface area contributed by atoms with Crippen LogP contribution in [-0.4, -0.2) is 98.7 Å². The molecular weight excluding hydrogens is 867 g/mol. The number of ether oxygens (including phenoxy) is 2. The van der Waals surface area contributed by atoms with Crippen LogP contribution in [0, 0.1) is 0 Å². The zero-order valence-electron chi connectivity index (χ0n) is 44.9. The molecule has 0 aromatic heterocycles. The Balaban J connectivity index is 2.21. The molecule has 0 saturated carbocycles. The van der Waals surface area contributed by atoms with Gasteiger partial charge >= 0.3 is 0 Å². The summed E-state index contributed by atoms with van der Waals surface area (Å²) >= 11 is 0. The Labute approximate surface area is 424 Å². The monoisotopic (exact) mass is 980 g/mol. The first-order valence-corrected chi connectivity index (χ1v) is 29.6. The van der Waals surface area contributed by atoms with E-state index in [0.29, 0.717) is 12.8 Å². The number of hydrogen-bond acceptors (Lipinski definition) is 9. The molecule has 0 bridgehead atoms. The summed E-state index contributed by atoms with van der Waals surface area (Å²) < 4.78 is 11.2. The quantitative estimate of drug-likeness (QED) is 0.0232. The van der Waals surface area contributed by atoms with Gasteiger partial charge in [0, 0.05) is 0 Å². The Bertz CT molecular complexity index is 1150. The number of amides is 1. The Hall–Kier alpha value is -1.37. The molecule has 0 radical (unpaired) electrons. The minimum Gasteiger partial charge on any atom is -0.394 e. The highest BCUT2D eigenvalue weighted by molar-refractivity contribution is 5.80. The molecule has 408 valence electrons. The molecule has 10 nitrogen and oxygen atoms in total. The van der Waals surface area contributed by atoms with E-state index < -0.39 is 61.5 Å². The fourth-order valence-corrected chi connectivity index (χ4v) is 9.61. The summed E-state index contributed by atoms with van der Waals surface area (Å²) in [7, 11) is 0. The SMILES string of the molecule is CCCCCCCCCCC/C=C\C/C=C\CCCCCCCCCCCCCCC(O)C(=O)NC(COC1OC(CO)C(O)C(O)C1O)C(O)CCCCCCCCCCCCCCCCCC. The zero-order chi connectivity index (χ0) is 50.3. The molecule has 1 amide bonds. The number of aliphatic hydroxyl groups excluding tert-OH is 6. The van der Waals surface area contributed by atoms with Crippen LogP contribution >= 0.6 is 0 Å². The van der Waals surface area contributed by atoms with Gasteiger partial charge in [-0.2, -0.15) is 0 Å². The van der Waals surface area contributed by atoms with Gasteiger partial charge in [0.25, 0.3) is 0 Å². The summed E-state index contributed by atoms with van der Waals surface area (Å²) in [6.45, 7) is 3.70. The number of hydrogen-bond donors (Lipinski definition) is 7. The maximum absolute atomic E-state index is 13.2. The van der Waals surface area contributed by atoms with Crippen molar-refractivity contribution >= 4 is 5.91 Å². The zero-order valence-corrected chi connectivity index (χ0v) is 44.9. The third-order valence-electron chi connectivity index (χ3n) is 14.4. The highest BCUT2D eigenvalue weighted by Crippen LogP contribution is 2.23. The first-order chi connectivity index (χ1) is 33.8. The largest absolute Gasteiger partial charge is 0.394 e. The molecule has 1 aliphatic heterocycles. The Morgan fingerprint density at radius 1 is 0.493 bits per heavy atom. The van der Waals surface area contributed by atoms with Crippen LogP contribution in [0.1, 0.15) is 284 Å². The first kappa shape index (κ1) is 65.6. The van der Waals surface area contributed by atoms with E-state index in [1.807, 2.05) is 0 Å². The van der Waals surface area contributed by atoms with Gasteiger partial charge in [0.2, 0.25) is 5.91 Å². The second-order valence-corrected chi connectivity index (χ2v) is 20.9. The van der Waals surface area contributed by atoms with Gasteiger partial charge in [-0.3, -0.25) is 4.79 Å². The van der Waals surface area contributed by atoms with E-state index in [0.717, 1.165) is 57.8 Å². The van der Waals surface area contributed by atoms with Crippen molar-refractivity contribution in [2.24, 2.45) is 0 Å². The molecule has 1 rings (SSSR count). The number of allylic oxidation sites excluding steroid dienone is 4. The maximum atomic E-state index is 13.2. The molecular formula is C59H113NO9. The first-order valence-electron chi connectivity index (χ1n) is 29.6. The normalized spacial score (nSPS) is 20.0. The summed E-state index contributed by atoms with van der Waals surface area (Å²) in [4.78, 5) is 13.2. The van der Waals surface area contributed by atoms with Crippen LogP contribution in [0.3, 0.4) is 0 Å². The van der Waals surface area contributed by atoms with E-state index in [9.17, 15) is 35.4 Å². The lowest BCUT2D eigenvalue weighted by Crippen LogP contribution is -2.60. The number of carbonyl (C=O) groups excluding carboxylic acids is 1. The Kier molecular flexibility index (Phi) is 46.5. The average molecular weight is 981 g/mol. The fourth-order valence-electron chi connectivity index (χ4n) is 9.61. The van der Waals surface area contributed by atoms with E-state index in [1.165, 1.54) is 199 Å². The summed E-state index contributed by atoms with van der Waals surface area (Å²) in [5.74, 6) is -0.581. The van der Waals surface area contributed by atoms with Crippen LogP contribution in [0.2, 0.25) is 0 Å². The Morgan fingerprint density at radius 3 is 1.25 bits per heavy atom. The minimum absolute atomic E-state index is 0.253. The van der Waals surface area contributed by atoms with E-state index in [-0.39, 0.29) is 6.61 Å². The summed E-state index contributed by atoms with van der Waals surface area (Å²) in [6, 6.07) is -0.894. The van der Waals surface area contributed by atoms with Gasteiger partial charge in [0.1, 0.15) is 30.5 Å². The van der Waals surface area contributed by atoms with Crippen LogP contribution in [0.15, 0.2) is 24.3 Å². The number of unbranched alkanes of at least 4 members (excludes halogenated alkanes) is 36. The van der Waals surface area contributed by atoms with Crippen molar-refractivity contribution in [2.75, 3.05) is 13.2 Å². The lowest BCUT2D eigenvalue weighted by molar-refractivity contribution is -0.302. The van der Waals surface area contributed by atoms with E-state index in [1.54, 1.807) is 0 Å². The van der Waals surface area contributed by atoms with E-state index >= 15 is 0 Å². The molecule has 0 aromatic rings. The van der Waals surface area contributed by atoms with Crippen LogP contribution in [0.25, 0.3) is 0 Å². The van der Waals surface area contributed by atoms with Crippen LogP contribution in [0.4, 0.5) is 0 Å². The van der Waals surface area contributed by atoms with Crippen LogP contribution in [-0.2, 0) is 14.3 Å². The molecule has 10 heteroatoms. The van der Waals surface area contributed by atoms with Gasteiger partial charge in [-0.15, -0.1) is 0 Å². The van der Waals surface area contributed by atoms with Gasteiger partial charge in [0.05, 0.1) is 25.4 Å².